The Morgan fingerprint density at radius 3 is 2.82 bits per heavy atom. The first kappa shape index (κ1) is 15.5. The number of amides is 1. The van der Waals surface area contributed by atoms with Crippen LogP contribution >= 0.6 is 0 Å². The second-order valence-corrected chi connectivity index (χ2v) is 7.08. The average Bonchev–Trinajstić information content (AvgIpc) is 3.05. The van der Waals surface area contributed by atoms with Gasteiger partial charge in [0.1, 0.15) is 0 Å². The van der Waals surface area contributed by atoms with E-state index in [4.69, 9.17) is 0 Å². The van der Waals surface area contributed by atoms with Gasteiger partial charge in [-0.1, -0.05) is 42.7 Å². The molecule has 3 heteroatoms. The molecule has 1 aromatic carbocycles. The molecule has 1 saturated carbocycles. The summed E-state index contributed by atoms with van der Waals surface area (Å²) >= 11 is 0. The molecule has 3 nitrogen and oxygen atoms in total. The summed E-state index contributed by atoms with van der Waals surface area (Å²) in [6.07, 6.45) is 6.75. The largest absolute Gasteiger partial charge is 0.355 e. The smallest absolute Gasteiger partial charge is 0.230 e. The number of benzene rings is 1. The van der Waals surface area contributed by atoms with Crippen molar-refractivity contribution in [1.29, 1.82) is 0 Å². The lowest BCUT2D eigenvalue weighted by Crippen LogP contribution is -2.46. The minimum absolute atomic E-state index is 0.251. The van der Waals surface area contributed by atoms with Crippen LogP contribution in [0, 0.1) is 12.8 Å². The van der Waals surface area contributed by atoms with E-state index in [1.165, 1.54) is 24.0 Å². The van der Waals surface area contributed by atoms with Crippen molar-refractivity contribution in [1.82, 2.24) is 10.6 Å². The Hall–Kier alpha value is -1.35. The summed E-state index contributed by atoms with van der Waals surface area (Å²) in [6.45, 7) is 5.09. The van der Waals surface area contributed by atoms with E-state index in [9.17, 15) is 4.79 Å². The van der Waals surface area contributed by atoms with Gasteiger partial charge in [-0.05, 0) is 57.2 Å². The molecule has 1 aliphatic carbocycles. The Morgan fingerprint density at radius 1 is 1.32 bits per heavy atom. The minimum Gasteiger partial charge on any atom is -0.355 e. The van der Waals surface area contributed by atoms with Crippen LogP contribution < -0.4 is 10.6 Å². The molecule has 1 unspecified atom stereocenters. The molecule has 2 aliphatic rings. The predicted molar refractivity (Wildman–Crippen MR) is 89.9 cm³/mol. The fraction of sp³-hybridized carbons (Fsp3) is 0.632. The summed E-state index contributed by atoms with van der Waals surface area (Å²) < 4.78 is 0. The lowest BCUT2D eigenvalue weighted by molar-refractivity contribution is -0.126. The van der Waals surface area contributed by atoms with Gasteiger partial charge in [0.15, 0.2) is 0 Å². The molecule has 0 radical (unpaired) electrons. The maximum atomic E-state index is 13.0. The molecule has 3 rings (SSSR count). The molecule has 1 aliphatic heterocycles. The van der Waals surface area contributed by atoms with Crippen LogP contribution in [0.3, 0.4) is 0 Å². The summed E-state index contributed by atoms with van der Waals surface area (Å²) in [4.78, 5) is 13.0. The Labute approximate surface area is 133 Å². The summed E-state index contributed by atoms with van der Waals surface area (Å²) in [6, 6.07) is 8.54. The van der Waals surface area contributed by atoms with Gasteiger partial charge in [-0.2, -0.15) is 0 Å². The summed E-state index contributed by atoms with van der Waals surface area (Å²) in [5, 5.41) is 6.70. The van der Waals surface area contributed by atoms with Gasteiger partial charge in [-0.25, -0.2) is 0 Å². The molecule has 1 heterocycles. The zero-order valence-corrected chi connectivity index (χ0v) is 13.7. The van der Waals surface area contributed by atoms with Gasteiger partial charge in [-0.15, -0.1) is 0 Å². The molecule has 22 heavy (non-hydrogen) atoms. The number of nitrogens with one attached hydrogen (secondary N) is 2. The number of aryl methyl sites for hydroxylation is 1. The molecule has 0 bridgehead atoms. The normalized spacial score (nSPS) is 24.1. The van der Waals surface area contributed by atoms with Crippen molar-refractivity contribution in [2.75, 3.05) is 19.6 Å². The van der Waals surface area contributed by atoms with Crippen LogP contribution in [-0.4, -0.2) is 25.5 Å². The van der Waals surface area contributed by atoms with Crippen LogP contribution in [0.1, 0.15) is 49.7 Å². The third-order valence-electron chi connectivity index (χ3n) is 5.41. The first-order valence-electron chi connectivity index (χ1n) is 8.77. The zero-order valence-electron chi connectivity index (χ0n) is 13.7. The average molecular weight is 300 g/mol. The first-order valence-corrected chi connectivity index (χ1v) is 8.77. The van der Waals surface area contributed by atoms with Gasteiger partial charge in [0.05, 0.1) is 5.41 Å². The highest BCUT2D eigenvalue weighted by molar-refractivity contribution is 5.88. The minimum atomic E-state index is -0.284. The fourth-order valence-electron chi connectivity index (χ4n) is 4.07. The molecular weight excluding hydrogens is 272 g/mol. The monoisotopic (exact) mass is 300 g/mol. The van der Waals surface area contributed by atoms with Crippen molar-refractivity contribution >= 4 is 5.91 Å². The van der Waals surface area contributed by atoms with E-state index >= 15 is 0 Å². The summed E-state index contributed by atoms with van der Waals surface area (Å²) in [5.74, 6) is 0.842. The van der Waals surface area contributed by atoms with Crippen molar-refractivity contribution < 1.29 is 4.79 Å². The van der Waals surface area contributed by atoms with Crippen LogP contribution in [0.4, 0.5) is 0 Å². The maximum Gasteiger partial charge on any atom is 0.230 e. The molecular formula is C19H28N2O. The SMILES string of the molecule is Cc1cccc(C2(C(=O)NCC3CCCNC3)CCCC2)c1. The number of rotatable bonds is 4. The lowest BCUT2D eigenvalue weighted by Gasteiger charge is -2.30. The number of hydrogen-bond donors (Lipinski definition) is 2. The highest BCUT2D eigenvalue weighted by Crippen LogP contribution is 2.41. The standard InChI is InChI=1S/C19H28N2O/c1-15-6-4-8-17(12-15)19(9-2-3-10-19)18(22)21-14-16-7-5-11-20-13-16/h4,6,8,12,16,20H,2-3,5,7,9-11,13-14H2,1H3,(H,21,22). The fourth-order valence-corrected chi connectivity index (χ4v) is 4.07. The Kier molecular flexibility index (Phi) is 4.82. The van der Waals surface area contributed by atoms with Gasteiger partial charge in [0.2, 0.25) is 5.91 Å². The maximum absolute atomic E-state index is 13.0. The molecule has 120 valence electrons. The second-order valence-electron chi connectivity index (χ2n) is 7.08. The molecule has 1 aromatic rings. The van der Waals surface area contributed by atoms with Gasteiger partial charge < -0.3 is 10.6 Å². The highest BCUT2D eigenvalue weighted by Gasteiger charge is 2.42. The number of hydrogen-bond acceptors (Lipinski definition) is 2. The van der Waals surface area contributed by atoms with Crippen molar-refractivity contribution in [3.05, 3.63) is 35.4 Å². The van der Waals surface area contributed by atoms with Crippen molar-refractivity contribution in [3.63, 3.8) is 0 Å². The van der Waals surface area contributed by atoms with Gasteiger partial charge >= 0.3 is 0 Å². The van der Waals surface area contributed by atoms with Crippen LogP contribution in [0.5, 0.6) is 0 Å². The first-order chi connectivity index (χ1) is 10.7. The quantitative estimate of drug-likeness (QED) is 0.897. The predicted octanol–water partition coefficient (Wildman–Crippen LogP) is 2.92. The zero-order chi connectivity index (χ0) is 15.4. The van der Waals surface area contributed by atoms with E-state index in [0.29, 0.717) is 5.92 Å². The Balaban J connectivity index is 1.71. The molecule has 0 aromatic heterocycles. The Bertz CT molecular complexity index is 514. The van der Waals surface area contributed by atoms with Crippen molar-refractivity contribution in [2.24, 2.45) is 5.92 Å². The van der Waals surface area contributed by atoms with Gasteiger partial charge in [-0.3, -0.25) is 4.79 Å². The third-order valence-corrected chi connectivity index (χ3v) is 5.41. The molecule has 1 amide bonds. The molecule has 1 saturated heterocycles. The van der Waals surface area contributed by atoms with E-state index in [1.807, 2.05) is 0 Å². The summed E-state index contributed by atoms with van der Waals surface area (Å²) in [7, 11) is 0. The van der Waals surface area contributed by atoms with E-state index in [-0.39, 0.29) is 11.3 Å². The van der Waals surface area contributed by atoms with Crippen LogP contribution in [0.15, 0.2) is 24.3 Å². The third kappa shape index (κ3) is 3.19. The van der Waals surface area contributed by atoms with Crippen molar-refractivity contribution in [2.45, 2.75) is 50.9 Å². The number of piperidine rings is 1. The van der Waals surface area contributed by atoms with Crippen LogP contribution in [0.2, 0.25) is 0 Å². The van der Waals surface area contributed by atoms with E-state index in [1.54, 1.807) is 0 Å². The summed E-state index contributed by atoms with van der Waals surface area (Å²) in [5.41, 5.74) is 2.17. The highest BCUT2D eigenvalue weighted by atomic mass is 16.2. The van der Waals surface area contributed by atoms with Crippen LogP contribution in [-0.2, 0) is 10.2 Å². The van der Waals surface area contributed by atoms with Gasteiger partial charge in [0, 0.05) is 6.54 Å². The molecule has 2 fully saturated rings. The topological polar surface area (TPSA) is 41.1 Å². The molecule has 0 spiro atoms. The van der Waals surface area contributed by atoms with E-state index in [0.717, 1.165) is 45.3 Å². The number of carbonyl (C=O) groups excluding carboxylic acids is 1. The Morgan fingerprint density at radius 2 is 2.14 bits per heavy atom. The lowest BCUT2D eigenvalue weighted by atomic mass is 9.77. The van der Waals surface area contributed by atoms with Crippen LogP contribution in [0.25, 0.3) is 0 Å². The second kappa shape index (κ2) is 6.82. The van der Waals surface area contributed by atoms with Gasteiger partial charge in [0.25, 0.3) is 0 Å². The molecule has 1 atom stereocenters. The van der Waals surface area contributed by atoms with E-state index < -0.39 is 0 Å². The number of carbonyl (C=O) groups is 1. The molecule has 2 N–H and O–H groups in total. The van der Waals surface area contributed by atoms with E-state index in [2.05, 4.69) is 41.8 Å². The van der Waals surface area contributed by atoms with Crippen molar-refractivity contribution in [3.8, 4) is 0 Å².